The Labute approximate surface area is 114 Å². The minimum atomic E-state index is -0.108. The van der Waals surface area contributed by atoms with E-state index in [1.54, 1.807) is 14.2 Å². The minimum Gasteiger partial charge on any atom is -0.497 e. The van der Waals surface area contributed by atoms with Crippen molar-refractivity contribution in [2.24, 2.45) is 5.73 Å². The molecule has 2 unspecified atom stereocenters. The molecule has 0 saturated carbocycles. The molecule has 0 radical (unpaired) electrons. The number of ether oxygens (including phenoxy) is 2. The van der Waals surface area contributed by atoms with Gasteiger partial charge in [0.1, 0.15) is 11.5 Å². The molecule has 106 valence electrons. The van der Waals surface area contributed by atoms with Gasteiger partial charge in [-0.2, -0.15) is 0 Å². The van der Waals surface area contributed by atoms with E-state index in [0.29, 0.717) is 0 Å². The van der Waals surface area contributed by atoms with Crippen molar-refractivity contribution in [3.8, 4) is 11.5 Å². The number of methoxy groups -OCH3 is 2. The van der Waals surface area contributed by atoms with Gasteiger partial charge in [-0.25, -0.2) is 0 Å². The van der Waals surface area contributed by atoms with E-state index in [1.807, 2.05) is 18.2 Å². The van der Waals surface area contributed by atoms with Crippen molar-refractivity contribution in [2.45, 2.75) is 12.1 Å². The second-order valence-electron chi connectivity index (χ2n) is 4.89. The van der Waals surface area contributed by atoms with Gasteiger partial charge in [0.2, 0.25) is 0 Å². The van der Waals surface area contributed by atoms with Gasteiger partial charge in [0, 0.05) is 31.2 Å². The number of likely N-dealkylation sites (N-methyl/N-ethyl adjacent to an activating group) is 1. The van der Waals surface area contributed by atoms with Gasteiger partial charge in [0.05, 0.1) is 20.3 Å². The Hall–Kier alpha value is -1.30. The first kappa shape index (κ1) is 14.1. The van der Waals surface area contributed by atoms with Gasteiger partial charge in [-0.1, -0.05) is 0 Å². The van der Waals surface area contributed by atoms with Gasteiger partial charge in [-0.15, -0.1) is 0 Å². The van der Waals surface area contributed by atoms with Crippen molar-refractivity contribution in [2.75, 3.05) is 40.9 Å². The number of nitrogens with one attached hydrogen (secondary N) is 1. The maximum Gasteiger partial charge on any atom is 0.123 e. The van der Waals surface area contributed by atoms with Crippen LogP contribution in [0.15, 0.2) is 18.2 Å². The van der Waals surface area contributed by atoms with E-state index in [4.69, 9.17) is 15.2 Å². The Bertz CT molecular complexity index is 425. The van der Waals surface area contributed by atoms with Crippen molar-refractivity contribution in [3.05, 3.63) is 23.8 Å². The molecule has 2 atom stereocenters. The second kappa shape index (κ2) is 6.23. The van der Waals surface area contributed by atoms with Crippen molar-refractivity contribution in [1.82, 2.24) is 10.2 Å². The van der Waals surface area contributed by atoms with E-state index in [2.05, 4.69) is 17.3 Å². The number of hydrogen-bond acceptors (Lipinski definition) is 5. The lowest BCUT2D eigenvalue weighted by atomic mass is 9.96. The van der Waals surface area contributed by atoms with Crippen molar-refractivity contribution in [1.29, 1.82) is 0 Å². The van der Waals surface area contributed by atoms with Crippen LogP contribution in [-0.4, -0.2) is 51.8 Å². The number of hydrogen-bond donors (Lipinski definition) is 2. The summed E-state index contributed by atoms with van der Waals surface area (Å²) in [6.07, 6.45) is 0. The van der Waals surface area contributed by atoms with E-state index in [0.717, 1.165) is 36.7 Å². The summed E-state index contributed by atoms with van der Waals surface area (Å²) < 4.78 is 10.7. The third kappa shape index (κ3) is 3.00. The Balaban J connectivity index is 2.27. The number of benzene rings is 1. The Kier molecular flexibility index (Phi) is 4.63. The Morgan fingerprint density at radius 3 is 2.79 bits per heavy atom. The molecule has 1 aliphatic heterocycles. The highest BCUT2D eigenvalue weighted by Crippen LogP contribution is 2.31. The van der Waals surface area contributed by atoms with E-state index >= 15 is 0 Å². The average molecular weight is 265 g/mol. The largest absolute Gasteiger partial charge is 0.497 e. The zero-order chi connectivity index (χ0) is 13.8. The van der Waals surface area contributed by atoms with Crippen LogP contribution in [0.1, 0.15) is 11.6 Å². The molecule has 1 fully saturated rings. The second-order valence-corrected chi connectivity index (χ2v) is 4.89. The van der Waals surface area contributed by atoms with Crippen LogP contribution >= 0.6 is 0 Å². The molecule has 5 nitrogen and oxygen atoms in total. The quantitative estimate of drug-likeness (QED) is 0.835. The van der Waals surface area contributed by atoms with Gasteiger partial charge >= 0.3 is 0 Å². The fraction of sp³-hybridized carbons (Fsp3) is 0.571. The van der Waals surface area contributed by atoms with E-state index < -0.39 is 0 Å². The van der Waals surface area contributed by atoms with Gasteiger partial charge in [-0.3, -0.25) is 4.90 Å². The summed E-state index contributed by atoms with van der Waals surface area (Å²) in [4.78, 5) is 2.29. The maximum absolute atomic E-state index is 6.44. The molecule has 0 aromatic heterocycles. The fourth-order valence-electron chi connectivity index (χ4n) is 2.54. The third-order valence-electron chi connectivity index (χ3n) is 3.77. The highest BCUT2D eigenvalue weighted by Gasteiger charge is 2.28. The van der Waals surface area contributed by atoms with Crippen LogP contribution in [-0.2, 0) is 0 Å². The summed E-state index contributed by atoms with van der Waals surface area (Å²) in [6, 6.07) is 5.91. The zero-order valence-corrected chi connectivity index (χ0v) is 11.8. The predicted molar refractivity (Wildman–Crippen MR) is 75.8 cm³/mol. The van der Waals surface area contributed by atoms with Crippen LogP contribution in [0.2, 0.25) is 0 Å². The van der Waals surface area contributed by atoms with Gasteiger partial charge in [-0.05, 0) is 25.2 Å². The van der Waals surface area contributed by atoms with Crippen LogP contribution in [0.25, 0.3) is 0 Å². The van der Waals surface area contributed by atoms with Crippen LogP contribution in [0.3, 0.4) is 0 Å². The molecule has 0 aliphatic carbocycles. The highest BCUT2D eigenvalue weighted by molar-refractivity contribution is 5.42. The molecule has 1 aliphatic rings. The molecular formula is C14H23N3O2. The topological polar surface area (TPSA) is 59.8 Å². The predicted octanol–water partition coefficient (Wildman–Crippen LogP) is 0.607. The summed E-state index contributed by atoms with van der Waals surface area (Å²) in [5.41, 5.74) is 7.43. The zero-order valence-electron chi connectivity index (χ0n) is 11.8. The SMILES string of the molecule is COc1ccc(OC)c(C(N)C2CNCCN2C)c1. The lowest BCUT2D eigenvalue weighted by Crippen LogP contribution is -2.53. The highest BCUT2D eigenvalue weighted by atomic mass is 16.5. The molecule has 2 rings (SSSR count). The molecule has 0 bridgehead atoms. The maximum atomic E-state index is 6.44. The molecule has 5 heteroatoms. The first-order chi connectivity index (χ1) is 9.17. The number of nitrogens with two attached hydrogens (primary N) is 1. The summed E-state index contributed by atoms with van der Waals surface area (Å²) >= 11 is 0. The normalized spacial score (nSPS) is 22.0. The molecular weight excluding hydrogens is 242 g/mol. The summed E-state index contributed by atoms with van der Waals surface area (Å²) in [7, 11) is 5.43. The number of rotatable bonds is 4. The summed E-state index contributed by atoms with van der Waals surface area (Å²) in [5.74, 6) is 1.62. The first-order valence-corrected chi connectivity index (χ1v) is 6.56. The fourth-order valence-corrected chi connectivity index (χ4v) is 2.54. The molecule has 0 amide bonds. The molecule has 19 heavy (non-hydrogen) atoms. The van der Waals surface area contributed by atoms with Gasteiger partial charge in [0.15, 0.2) is 0 Å². The summed E-state index contributed by atoms with van der Waals surface area (Å²) in [5, 5.41) is 3.39. The molecule has 1 heterocycles. The molecule has 1 saturated heterocycles. The smallest absolute Gasteiger partial charge is 0.123 e. The monoisotopic (exact) mass is 265 g/mol. The van der Waals surface area contributed by atoms with E-state index in [1.165, 1.54) is 0 Å². The number of piperazine rings is 1. The Morgan fingerprint density at radius 1 is 1.37 bits per heavy atom. The summed E-state index contributed by atoms with van der Waals surface area (Å²) in [6.45, 7) is 2.90. The van der Waals surface area contributed by atoms with Crippen LogP contribution in [0.5, 0.6) is 11.5 Å². The molecule has 3 N–H and O–H groups in total. The van der Waals surface area contributed by atoms with Crippen molar-refractivity contribution in [3.63, 3.8) is 0 Å². The third-order valence-corrected chi connectivity index (χ3v) is 3.77. The van der Waals surface area contributed by atoms with Crippen LogP contribution < -0.4 is 20.5 Å². The van der Waals surface area contributed by atoms with Crippen molar-refractivity contribution >= 4 is 0 Å². The van der Waals surface area contributed by atoms with Crippen LogP contribution in [0.4, 0.5) is 0 Å². The molecule has 1 aromatic carbocycles. The lowest BCUT2D eigenvalue weighted by Gasteiger charge is -2.37. The molecule has 1 aromatic rings. The van der Waals surface area contributed by atoms with E-state index in [-0.39, 0.29) is 12.1 Å². The van der Waals surface area contributed by atoms with Crippen LogP contribution in [0, 0.1) is 0 Å². The first-order valence-electron chi connectivity index (χ1n) is 6.56. The average Bonchev–Trinajstić information content (AvgIpc) is 2.46. The van der Waals surface area contributed by atoms with Crippen molar-refractivity contribution < 1.29 is 9.47 Å². The lowest BCUT2D eigenvalue weighted by molar-refractivity contribution is 0.172. The Morgan fingerprint density at radius 2 is 2.16 bits per heavy atom. The van der Waals surface area contributed by atoms with E-state index in [9.17, 15) is 0 Å². The standard InChI is InChI=1S/C14H23N3O2/c1-17-7-6-16-9-12(17)14(15)11-8-10(18-2)4-5-13(11)19-3/h4-5,8,12,14,16H,6-7,9,15H2,1-3H3. The van der Waals surface area contributed by atoms with Gasteiger partial charge in [0.25, 0.3) is 0 Å². The number of nitrogens with zero attached hydrogens (tertiary/aromatic N) is 1. The minimum absolute atomic E-state index is 0.108. The van der Waals surface area contributed by atoms with Gasteiger partial charge < -0.3 is 20.5 Å². The molecule has 0 spiro atoms.